The van der Waals surface area contributed by atoms with E-state index in [9.17, 15) is 0 Å². The number of rotatable bonds is 6. The van der Waals surface area contributed by atoms with Gasteiger partial charge < -0.3 is 9.30 Å². The number of hydrogen-bond acceptors (Lipinski definition) is 4. The number of thioether (sulfide) groups is 1. The summed E-state index contributed by atoms with van der Waals surface area (Å²) in [5.41, 5.74) is 0.914. The molecular weight excluding hydrogens is 305 g/mol. The summed E-state index contributed by atoms with van der Waals surface area (Å²) in [7, 11) is 1.67. The predicted molar refractivity (Wildman–Crippen MR) is 77.9 cm³/mol. The molecule has 0 saturated carbocycles. The van der Waals surface area contributed by atoms with Crippen molar-refractivity contribution >= 4 is 35.0 Å². The van der Waals surface area contributed by atoms with E-state index in [0.29, 0.717) is 22.4 Å². The van der Waals surface area contributed by atoms with Crippen molar-refractivity contribution in [3.05, 3.63) is 40.1 Å². The van der Waals surface area contributed by atoms with Gasteiger partial charge >= 0.3 is 0 Å². The molecule has 0 fully saturated rings. The first-order chi connectivity index (χ1) is 9.22. The van der Waals surface area contributed by atoms with E-state index < -0.39 is 0 Å². The lowest BCUT2D eigenvalue weighted by Crippen LogP contribution is -2.04. The average molecular weight is 318 g/mol. The summed E-state index contributed by atoms with van der Waals surface area (Å²) in [6.07, 6.45) is 1.69. The van der Waals surface area contributed by atoms with Crippen LogP contribution in [0.3, 0.4) is 0 Å². The van der Waals surface area contributed by atoms with Gasteiger partial charge in [-0.2, -0.15) is 0 Å². The highest BCUT2D eigenvalue weighted by molar-refractivity contribution is 7.98. The number of halogens is 2. The highest BCUT2D eigenvalue weighted by Gasteiger charge is 2.09. The molecule has 0 radical (unpaired) electrons. The summed E-state index contributed by atoms with van der Waals surface area (Å²) in [6, 6.07) is 5.50. The molecule has 102 valence electrons. The molecule has 1 aromatic heterocycles. The van der Waals surface area contributed by atoms with Crippen LogP contribution in [-0.2, 0) is 17.0 Å². The molecule has 4 nitrogen and oxygen atoms in total. The monoisotopic (exact) mass is 317 g/mol. The lowest BCUT2D eigenvalue weighted by molar-refractivity contribution is 0.184. The number of hydrogen-bond donors (Lipinski definition) is 0. The van der Waals surface area contributed by atoms with E-state index in [4.69, 9.17) is 27.9 Å². The molecule has 0 unspecified atom stereocenters. The maximum atomic E-state index is 6.13. The van der Waals surface area contributed by atoms with E-state index in [2.05, 4.69) is 10.2 Å². The van der Waals surface area contributed by atoms with Gasteiger partial charge in [0.2, 0.25) is 0 Å². The molecule has 0 aliphatic heterocycles. The molecule has 19 heavy (non-hydrogen) atoms. The third-order valence-corrected chi connectivity index (χ3v) is 4.24. The minimum absolute atomic E-state index is 0.623. The highest BCUT2D eigenvalue weighted by atomic mass is 35.5. The second-order valence-electron chi connectivity index (χ2n) is 3.79. The van der Waals surface area contributed by atoms with Crippen molar-refractivity contribution in [2.75, 3.05) is 13.7 Å². The Morgan fingerprint density at radius 1 is 1.32 bits per heavy atom. The summed E-state index contributed by atoms with van der Waals surface area (Å²) < 4.78 is 6.99. The van der Waals surface area contributed by atoms with Crippen LogP contribution in [0.1, 0.15) is 5.56 Å². The number of methoxy groups -OCH3 is 1. The zero-order valence-corrected chi connectivity index (χ0v) is 12.7. The van der Waals surface area contributed by atoms with E-state index in [1.165, 1.54) is 0 Å². The number of nitrogens with zero attached hydrogens (tertiary/aromatic N) is 3. The van der Waals surface area contributed by atoms with Gasteiger partial charge in [0.1, 0.15) is 6.33 Å². The molecule has 0 amide bonds. The molecule has 0 aliphatic rings. The van der Waals surface area contributed by atoms with Crippen molar-refractivity contribution in [2.24, 2.45) is 0 Å². The molecule has 1 aromatic carbocycles. The molecule has 0 spiro atoms. The Labute approximate surface area is 126 Å². The molecule has 0 bridgehead atoms. The van der Waals surface area contributed by atoms with E-state index in [1.807, 2.05) is 22.8 Å². The van der Waals surface area contributed by atoms with Crippen LogP contribution in [0.15, 0.2) is 29.7 Å². The van der Waals surface area contributed by atoms with Crippen LogP contribution in [-0.4, -0.2) is 28.5 Å². The topological polar surface area (TPSA) is 39.9 Å². The first-order valence-electron chi connectivity index (χ1n) is 5.65. The SMILES string of the molecule is COCCn1cnnc1SCc1c(Cl)cccc1Cl. The van der Waals surface area contributed by atoms with Gasteiger partial charge in [0.05, 0.1) is 6.61 Å². The lowest BCUT2D eigenvalue weighted by atomic mass is 10.2. The largest absolute Gasteiger partial charge is 0.383 e. The van der Waals surface area contributed by atoms with E-state index >= 15 is 0 Å². The fourth-order valence-electron chi connectivity index (χ4n) is 1.51. The van der Waals surface area contributed by atoms with Gasteiger partial charge in [-0.25, -0.2) is 0 Å². The van der Waals surface area contributed by atoms with Gasteiger partial charge in [0, 0.05) is 29.5 Å². The standard InChI is InChI=1S/C12H13Cl2N3OS/c1-18-6-5-17-8-15-16-12(17)19-7-9-10(13)3-2-4-11(9)14/h2-4,8H,5-7H2,1H3. The van der Waals surface area contributed by atoms with Crippen LogP contribution in [0.25, 0.3) is 0 Å². The first kappa shape index (κ1) is 14.7. The molecule has 0 saturated heterocycles. The maximum absolute atomic E-state index is 6.13. The summed E-state index contributed by atoms with van der Waals surface area (Å²) in [5.74, 6) is 0.657. The van der Waals surface area contributed by atoms with Crippen molar-refractivity contribution in [2.45, 2.75) is 17.5 Å². The van der Waals surface area contributed by atoms with Crippen LogP contribution in [0.4, 0.5) is 0 Å². The van der Waals surface area contributed by atoms with Crippen LogP contribution in [0.5, 0.6) is 0 Å². The smallest absolute Gasteiger partial charge is 0.191 e. The summed E-state index contributed by atoms with van der Waals surface area (Å²) >= 11 is 13.8. The summed E-state index contributed by atoms with van der Waals surface area (Å²) in [5, 5.41) is 10.1. The quantitative estimate of drug-likeness (QED) is 0.764. The van der Waals surface area contributed by atoms with Gasteiger partial charge in [0.25, 0.3) is 0 Å². The van der Waals surface area contributed by atoms with E-state index in [1.54, 1.807) is 25.2 Å². The average Bonchev–Trinajstić information content (AvgIpc) is 2.83. The summed E-state index contributed by atoms with van der Waals surface area (Å²) in [6.45, 7) is 1.35. The Balaban J connectivity index is 2.04. The van der Waals surface area contributed by atoms with Gasteiger partial charge in [0.15, 0.2) is 5.16 Å². The minimum Gasteiger partial charge on any atom is -0.383 e. The Kier molecular flexibility index (Phi) is 5.51. The van der Waals surface area contributed by atoms with Crippen molar-refractivity contribution in [1.29, 1.82) is 0 Å². The molecule has 0 N–H and O–H groups in total. The van der Waals surface area contributed by atoms with Crippen molar-refractivity contribution in [1.82, 2.24) is 14.8 Å². The van der Waals surface area contributed by atoms with Crippen LogP contribution >= 0.6 is 35.0 Å². The highest BCUT2D eigenvalue weighted by Crippen LogP contribution is 2.30. The number of benzene rings is 1. The van der Waals surface area contributed by atoms with Gasteiger partial charge in [-0.1, -0.05) is 41.0 Å². The molecule has 1 heterocycles. The molecule has 2 rings (SSSR count). The fraction of sp³-hybridized carbons (Fsp3) is 0.333. The Morgan fingerprint density at radius 2 is 2.05 bits per heavy atom. The minimum atomic E-state index is 0.623. The van der Waals surface area contributed by atoms with Gasteiger partial charge in [-0.15, -0.1) is 10.2 Å². The summed E-state index contributed by atoms with van der Waals surface area (Å²) in [4.78, 5) is 0. The third-order valence-electron chi connectivity index (χ3n) is 2.52. The normalized spacial score (nSPS) is 10.9. The lowest BCUT2D eigenvalue weighted by Gasteiger charge is -2.07. The van der Waals surface area contributed by atoms with Crippen LogP contribution in [0.2, 0.25) is 10.0 Å². The van der Waals surface area contributed by atoms with E-state index in [0.717, 1.165) is 17.3 Å². The zero-order valence-electron chi connectivity index (χ0n) is 10.3. The molecule has 0 aliphatic carbocycles. The third kappa shape index (κ3) is 3.86. The number of aromatic nitrogens is 3. The Hall–Kier alpha value is -0.750. The fourth-order valence-corrected chi connectivity index (χ4v) is 3.19. The first-order valence-corrected chi connectivity index (χ1v) is 7.39. The molecule has 0 atom stereocenters. The van der Waals surface area contributed by atoms with Gasteiger partial charge in [-0.05, 0) is 17.7 Å². The molecular formula is C12H13Cl2N3OS. The second kappa shape index (κ2) is 7.14. The Morgan fingerprint density at radius 3 is 2.74 bits per heavy atom. The second-order valence-corrected chi connectivity index (χ2v) is 5.55. The molecule has 7 heteroatoms. The molecule has 2 aromatic rings. The maximum Gasteiger partial charge on any atom is 0.191 e. The number of ether oxygens (including phenoxy) is 1. The van der Waals surface area contributed by atoms with Crippen molar-refractivity contribution in [3.63, 3.8) is 0 Å². The van der Waals surface area contributed by atoms with Gasteiger partial charge in [-0.3, -0.25) is 0 Å². The van der Waals surface area contributed by atoms with Crippen molar-refractivity contribution < 1.29 is 4.74 Å². The zero-order chi connectivity index (χ0) is 13.7. The Bertz CT molecular complexity index is 527. The van der Waals surface area contributed by atoms with E-state index in [-0.39, 0.29) is 0 Å². The van der Waals surface area contributed by atoms with Crippen molar-refractivity contribution in [3.8, 4) is 0 Å². The van der Waals surface area contributed by atoms with Crippen LogP contribution < -0.4 is 0 Å². The predicted octanol–water partition coefficient (Wildman–Crippen LogP) is 3.52. The van der Waals surface area contributed by atoms with Crippen LogP contribution in [0, 0.1) is 0 Å².